The first kappa shape index (κ1) is 19.8. The molecule has 0 spiro atoms. The third-order valence-corrected chi connectivity index (χ3v) is 6.48. The van der Waals surface area contributed by atoms with E-state index >= 15 is 0 Å². The molecule has 2 heterocycles. The fraction of sp³-hybridized carbons (Fsp3) is 0.333. The average Bonchev–Trinajstić information content (AvgIpc) is 2.67. The van der Waals surface area contributed by atoms with E-state index in [0.717, 1.165) is 0 Å². The SMILES string of the molecule is O=C(CCN1CCN(S(=O)(=O)c2cccnc2)CC1)Nc1cccc(Cl)c1. The van der Waals surface area contributed by atoms with Gasteiger partial charge < -0.3 is 10.2 Å². The molecule has 0 saturated carbocycles. The fourth-order valence-electron chi connectivity index (χ4n) is 2.89. The molecule has 0 unspecified atom stereocenters. The molecule has 0 radical (unpaired) electrons. The quantitative estimate of drug-likeness (QED) is 0.791. The van der Waals surface area contributed by atoms with Crippen LogP contribution in [0.15, 0.2) is 53.7 Å². The first-order valence-corrected chi connectivity index (χ1v) is 10.4. The van der Waals surface area contributed by atoms with Crippen molar-refractivity contribution in [2.75, 3.05) is 38.0 Å². The Kier molecular flexibility index (Phi) is 6.43. The van der Waals surface area contributed by atoms with Crippen molar-refractivity contribution in [3.05, 3.63) is 53.8 Å². The number of piperazine rings is 1. The molecule has 1 aromatic carbocycles. The summed E-state index contributed by atoms with van der Waals surface area (Å²) in [5.74, 6) is -0.0947. The molecule has 27 heavy (non-hydrogen) atoms. The van der Waals surface area contributed by atoms with E-state index < -0.39 is 10.0 Å². The highest BCUT2D eigenvalue weighted by atomic mass is 35.5. The molecule has 1 N–H and O–H groups in total. The molecular formula is C18H21ClN4O3S. The number of rotatable bonds is 6. The van der Waals surface area contributed by atoms with Crippen LogP contribution in [0.4, 0.5) is 5.69 Å². The van der Waals surface area contributed by atoms with E-state index in [0.29, 0.717) is 49.9 Å². The Labute approximate surface area is 164 Å². The highest BCUT2D eigenvalue weighted by Gasteiger charge is 2.28. The van der Waals surface area contributed by atoms with Crippen LogP contribution in [0.1, 0.15) is 6.42 Å². The lowest BCUT2D eigenvalue weighted by Gasteiger charge is -2.33. The monoisotopic (exact) mass is 408 g/mol. The van der Waals surface area contributed by atoms with Crippen LogP contribution in [0.5, 0.6) is 0 Å². The van der Waals surface area contributed by atoms with Crippen LogP contribution in [0, 0.1) is 0 Å². The van der Waals surface area contributed by atoms with Crippen molar-refractivity contribution in [2.45, 2.75) is 11.3 Å². The number of pyridine rings is 1. The van der Waals surface area contributed by atoms with Crippen molar-refractivity contribution < 1.29 is 13.2 Å². The second kappa shape index (κ2) is 8.79. The van der Waals surface area contributed by atoms with Gasteiger partial charge in [-0.3, -0.25) is 9.78 Å². The molecule has 0 atom stereocenters. The molecule has 3 rings (SSSR count). The number of hydrogen-bond acceptors (Lipinski definition) is 5. The summed E-state index contributed by atoms with van der Waals surface area (Å²) in [6.45, 7) is 2.54. The lowest BCUT2D eigenvalue weighted by molar-refractivity contribution is -0.116. The molecule has 1 saturated heterocycles. The van der Waals surface area contributed by atoms with Crippen molar-refractivity contribution in [3.63, 3.8) is 0 Å². The lowest BCUT2D eigenvalue weighted by atomic mass is 10.3. The molecule has 1 aliphatic rings. The second-order valence-electron chi connectivity index (χ2n) is 6.24. The third-order valence-electron chi connectivity index (χ3n) is 4.37. The Morgan fingerprint density at radius 3 is 2.59 bits per heavy atom. The van der Waals surface area contributed by atoms with Gasteiger partial charge in [0.15, 0.2) is 0 Å². The number of amides is 1. The number of carbonyl (C=O) groups is 1. The van der Waals surface area contributed by atoms with Crippen molar-refractivity contribution in [1.82, 2.24) is 14.2 Å². The summed E-state index contributed by atoms with van der Waals surface area (Å²) in [6, 6.07) is 10.2. The Morgan fingerprint density at radius 1 is 1.15 bits per heavy atom. The smallest absolute Gasteiger partial charge is 0.244 e. The molecule has 1 amide bonds. The Hall–Kier alpha value is -2.00. The number of carbonyl (C=O) groups excluding carboxylic acids is 1. The minimum atomic E-state index is -3.51. The predicted molar refractivity (Wildman–Crippen MR) is 104 cm³/mol. The van der Waals surface area contributed by atoms with E-state index in [9.17, 15) is 13.2 Å². The van der Waals surface area contributed by atoms with E-state index in [-0.39, 0.29) is 10.8 Å². The van der Waals surface area contributed by atoms with Gasteiger partial charge in [0.25, 0.3) is 0 Å². The fourth-order valence-corrected chi connectivity index (χ4v) is 4.47. The number of hydrogen-bond donors (Lipinski definition) is 1. The summed E-state index contributed by atoms with van der Waals surface area (Å²) < 4.78 is 26.6. The zero-order valence-electron chi connectivity index (χ0n) is 14.7. The molecule has 0 bridgehead atoms. The van der Waals surface area contributed by atoms with Crippen LogP contribution in [-0.4, -0.2) is 61.2 Å². The Morgan fingerprint density at radius 2 is 1.93 bits per heavy atom. The van der Waals surface area contributed by atoms with E-state index in [1.165, 1.54) is 10.5 Å². The summed E-state index contributed by atoms with van der Waals surface area (Å²) in [7, 11) is -3.51. The van der Waals surface area contributed by atoms with E-state index in [1.54, 1.807) is 42.6 Å². The molecule has 1 aliphatic heterocycles. The van der Waals surface area contributed by atoms with E-state index in [4.69, 9.17) is 11.6 Å². The highest BCUT2D eigenvalue weighted by molar-refractivity contribution is 7.89. The predicted octanol–water partition coefficient (Wildman–Crippen LogP) is 2.07. The third kappa shape index (κ3) is 5.26. The normalized spacial score (nSPS) is 16.2. The van der Waals surface area contributed by atoms with Crippen LogP contribution in [0.25, 0.3) is 0 Å². The zero-order chi connectivity index (χ0) is 19.3. The standard InChI is InChI=1S/C18H21ClN4O3S/c19-15-3-1-4-16(13-15)21-18(24)6-8-22-9-11-23(12-10-22)27(25,26)17-5-2-7-20-14-17/h1-5,7,13-14H,6,8-12H2,(H,21,24). The molecule has 7 nitrogen and oxygen atoms in total. The minimum absolute atomic E-state index is 0.0947. The number of aromatic nitrogens is 1. The topological polar surface area (TPSA) is 82.6 Å². The van der Waals surface area contributed by atoms with Gasteiger partial charge in [0.05, 0.1) is 0 Å². The van der Waals surface area contributed by atoms with Gasteiger partial charge in [0, 0.05) is 62.2 Å². The van der Waals surface area contributed by atoms with Crippen molar-refractivity contribution in [1.29, 1.82) is 0 Å². The minimum Gasteiger partial charge on any atom is -0.326 e. The van der Waals surface area contributed by atoms with Gasteiger partial charge >= 0.3 is 0 Å². The first-order valence-electron chi connectivity index (χ1n) is 8.63. The van der Waals surface area contributed by atoms with Gasteiger partial charge in [-0.15, -0.1) is 0 Å². The van der Waals surface area contributed by atoms with Crippen molar-refractivity contribution >= 4 is 33.2 Å². The molecule has 1 aromatic heterocycles. The van der Waals surface area contributed by atoms with Gasteiger partial charge in [-0.1, -0.05) is 17.7 Å². The number of nitrogens with one attached hydrogen (secondary N) is 1. The summed E-state index contributed by atoms with van der Waals surface area (Å²) in [4.78, 5) is 18.3. The first-order chi connectivity index (χ1) is 12.9. The van der Waals surface area contributed by atoms with Crippen LogP contribution in [0.3, 0.4) is 0 Å². The number of anilines is 1. The largest absolute Gasteiger partial charge is 0.326 e. The van der Waals surface area contributed by atoms with Gasteiger partial charge in [-0.05, 0) is 30.3 Å². The summed E-state index contributed by atoms with van der Waals surface area (Å²) in [6.07, 6.45) is 3.25. The number of benzene rings is 1. The molecular weight excluding hydrogens is 388 g/mol. The number of halogens is 1. The van der Waals surface area contributed by atoms with Crippen molar-refractivity contribution in [2.24, 2.45) is 0 Å². The van der Waals surface area contributed by atoms with Crippen LogP contribution in [0.2, 0.25) is 5.02 Å². The maximum Gasteiger partial charge on any atom is 0.244 e. The summed E-state index contributed by atoms with van der Waals surface area (Å²) in [5.41, 5.74) is 0.667. The van der Waals surface area contributed by atoms with Crippen LogP contribution >= 0.6 is 11.6 Å². The lowest BCUT2D eigenvalue weighted by Crippen LogP contribution is -2.49. The van der Waals surface area contributed by atoms with E-state index in [2.05, 4.69) is 15.2 Å². The van der Waals surface area contributed by atoms with Gasteiger partial charge in [0.1, 0.15) is 4.90 Å². The van der Waals surface area contributed by atoms with Crippen molar-refractivity contribution in [3.8, 4) is 0 Å². The number of nitrogens with zero attached hydrogens (tertiary/aromatic N) is 3. The molecule has 144 valence electrons. The maximum atomic E-state index is 12.6. The number of sulfonamides is 1. The van der Waals surface area contributed by atoms with Crippen LogP contribution in [-0.2, 0) is 14.8 Å². The van der Waals surface area contributed by atoms with Gasteiger partial charge in [0.2, 0.25) is 15.9 Å². The average molecular weight is 409 g/mol. The molecule has 1 fully saturated rings. The molecule has 9 heteroatoms. The summed E-state index contributed by atoms with van der Waals surface area (Å²) in [5, 5.41) is 3.38. The van der Waals surface area contributed by atoms with Crippen LogP contribution < -0.4 is 5.32 Å². The van der Waals surface area contributed by atoms with E-state index in [1.807, 2.05) is 0 Å². The molecule has 0 aliphatic carbocycles. The Bertz CT molecular complexity index is 884. The molecule has 2 aromatic rings. The van der Waals surface area contributed by atoms with Gasteiger partial charge in [-0.2, -0.15) is 4.31 Å². The zero-order valence-corrected chi connectivity index (χ0v) is 16.3. The summed E-state index contributed by atoms with van der Waals surface area (Å²) >= 11 is 5.90. The highest BCUT2D eigenvalue weighted by Crippen LogP contribution is 2.17. The Balaban J connectivity index is 1.46. The maximum absolute atomic E-state index is 12.6. The second-order valence-corrected chi connectivity index (χ2v) is 8.62. The van der Waals surface area contributed by atoms with Gasteiger partial charge in [-0.25, -0.2) is 8.42 Å².